The molecular weight excluding hydrogens is 246 g/mol. The molecular formula is C18H35NO. The van der Waals surface area contributed by atoms with E-state index in [0.717, 1.165) is 5.92 Å². The van der Waals surface area contributed by atoms with Crippen molar-refractivity contribution in [1.29, 1.82) is 0 Å². The van der Waals surface area contributed by atoms with Crippen molar-refractivity contribution in [3.05, 3.63) is 23.4 Å². The van der Waals surface area contributed by atoms with Crippen LogP contribution < -0.4 is 0 Å². The Morgan fingerprint density at radius 2 is 1.30 bits per heavy atom. The van der Waals surface area contributed by atoms with Crippen molar-refractivity contribution < 1.29 is 4.79 Å². The van der Waals surface area contributed by atoms with Crippen LogP contribution in [0.5, 0.6) is 0 Å². The van der Waals surface area contributed by atoms with Crippen LogP contribution in [0, 0.1) is 11.8 Å². The fourth-order valence-electron chi connectivity index (χ4n) is 0.742. The Kier molecular flexibility index (Phi) is 19.0. The number of carbonyl (C=O) groups is 1. The van der Waals surface area contributed by atoms with Crippen LogP contribution in [-0.2, 0) is 4.79 Å². The summed E-state index contributed by atoms with van der Waals surface area (Å²) in [4.78, 5) is 14.3. The van der Waals surface area contributed by atoms with Crippen molar-refractivity contribution in [1.82, 2.24) is 0 Å². The first-order valence-corrected chi connectivity index (χ1v) is 7.55. The number of nitrogens with zero attached hydrogens (tertiary/aromatic N) is 1. The monoisotopic (exact) mass is 281 g/mol. The summed E-state index contributed by atoms with van der Waals surface area (Å²) in [7, 11) is 0. The van der Waals surface area contributed by atoms with Gasteiger partial charge in [0.2, 0.25) is 0 Å². The van der Waals surface area contributed by atoms with E-state index in [0.29, 0.717) is 5.92 Å². The van der Waals surface area contributed by atoms with E-state index in [9.17, 15) is 4.79 Å². The summed E-state index contributed by atoms with van der Waals surface area (Å²) >= 11 is 0. The van der Waals surface area contributed by atoms with Crippen LogP contribution in [0.3, 0.4) is 0 Å². The number of allylic oxidation sites excluding steroid dienone is 3. The highest BCUT2D eigenvalue weighted by Gasteiger charge is 1.93. The number of hydrogen-bond donors (Lipinski definition) is 0. The summed E-state index contributed by atoms with van der Waals surface area (Å²) in [5, 5.41) is 0. The molecule has 0 aliphatic carbocycles. The molecule has 0 saturated heterocycles. The molecule has 0 bridgehead atoms. The lowest BCUT2D eigenvalue weighted by atomic mass is 10.1. The van der Waals surface area contributed by atoms with Gasteiger partial charge in [-0.2, -0.15) is 0 Å². The van der Waals surface area contributed by atoms with Gasteiger partial charge in [-0.25, -0.2) is 0 Å². The Balaban J connectivity index is -0.000000277. The first-order valence-electron chi connectivity index (χ1n) is 7.55. The van der Waals surface area contributed by atoms with Gasteiger partial charge in [0, 0.05) is 13.1 Å². The van der Waals surface area contributed by atoms with Crippen LogP contribution in [0.25, 0.3) is 0 Å². The first-order chi connectivity index (χ1) is 9.22. The molecule has 0 heterocycles. The summed E-state index contributed by atoms with van der Waals surface area (Å²) in [6, 6.07) is 0. The highest BCUT2D eigenvalue weighted by Crippen LogP contribution is 2.07. The van der Waals surface area contributed by atoms with Crippen molar-refractivity contribution in [2.45, 2.75) is 69.2 Å². The van der Waals surface area contributed by atoms with Crippen molar-refractivity contribution in [2.75, 3.05) is 0 Å². The van der Waals surface area contributed by atoms with E-state index < -0.39 is 0 Å². The molecule has 0 radical (unpaired) electrons. The molecule has 20 heavy (non-hydrogen) atoms. The molecule has 118 valence electrons. The Bertz CT molecular complexity index is 320. The van der Waals surface area contributed by atoms with Crippen molar-refractivity contribution in [3.63, 3.8) is 0 Å². The first kappa shape index (κ1) is 23.9. The molecule has 0 aliphatic rings. The average molecular weight is 281 g/mol. The molecule has 0 amide bonds. The number of aliphatic imine (C=N–C) groups is 1. The number of rotatable bonds is 4. The van der Waals surface area contributed by atoms with Crippen LogP contribution in [0.2, 0.25) is 0 Å². The molecule has 0 aliphatic heterocycles. The fraction of sp³-hybridized carbons (Fsp3) is 0.667. The standard InChI is InChI=1S/C9H15NO.C7H14.C2H6/c1-7(2)8(3)5-10-6-9(4)11;1-5-7(4)6(2)3;1-2/h5-7H,1-4H3;5-6H,1-4H3;1-2H3/b8-5-,10-6?;7-5+;. The van der Waals surface area contributed by atoms with Crippen molar-refractivity contribution in [2.24, 2.45) is 16.8 Å². The van der Waals surface area contributed by atoms with Gasteiger partial charge in [0.1, 0.15) is 0 Å². The van der Waals surface area contributed by atoms with Gasteiger partial charge >= 0.3 is 0 Å². The molecule has 0 atom stereocenters. The van der Waals surface area contributed by atoms with E-state index in [-0.39, 0.29) is 5.78 Å². The summed E-state index contributed by atoms with van der Waals surface area (Å²) in [5.74, 6) is 1.21. The summed E-state index contributed by atoms with van der Waals surface area (Å²) in [6.07, 6.45) is 5.21. The molecule has 0 unspecified atom stereocenters. The summed E-state index contributed by atoms with van der Waals surface area (Å²) < 4.78 is 0. The van der Waals surface area contributed by atoms with Crippen LogP contribution >= 0.6 is 0 Å². The second-order valence-electron chi connectivity index (χ2n) is 5.10. The third kappa shape index (κ3) is 19.2. The Labute approximate surface area is 127 Å². The van der Waals surface area contributed by atoms with Crippen LogP contribution in [0.4, 0.5) is 0 Å². The Hall–Kier alpha value is -1.18. The zero-order valence-corrected chi connectivity index (χ0v) is 15.2. The molecule has 0 rings (SSSR count). The molecule has 0 spiro atoms. The minimum Gasteiger partial charge on any atom is -0.293 e. The van der Waals surface area contributed by atoms with Gasteiger partial charge in [-0.05, 0) is 32.6 Å². The molecule has 0 aromatic rings. The zero-order valence-electron chi connectivity index (χ0n) is 15.2. The maximum absolute atomic E-state index is 10.4. The van der Waals surface area contributed by atoms with Gasteiger partial charge in [0.25, 0.3) is 0 Å². The number of hydrogen-bond acceptors (Lipinski definition) is 2. The largest absolute Gasteiger partial charge is 0.293 e. The van der Waals surface area contributed by atoms with Crippen molar-refractivity contribution >= 4 is 12.0 Å². The van der Waals surface area contributed by atoms with E-state index in [1.54, 1.807) is 6.20 Å². The third-order valence-electron chi connectivity index (χ3n) is 2.81. The van der Waals surface area contributed by atoms with E-state index in [2.05, 4.69) is 52.6 Å². The smallest absolute Gasteiger partial charge is 0.170 e. The normalized spacial score (nSPS) is 12.0. The van der Waals surface area contributed by atoms with E-state index >= 15 is 0 Å². The number of ketones is 1. The van der Waals surface area contributed by atoms with Gasteiger partial charge < -0.3 is 0 Å². The van der Waals surface area contributed by atoms with Crippen molar-refractivity contribution in [3.8, 4) is 0 Å². The lowest BCUT2D eigenvalue weighted by molar-refractivity contribution is -0.110. The molecule has 0 saturated carbocycles. The lowest BCUT2D eigenvalue weighted by Gasteiger charge is -2.00. The maximum atomic E-state index is 10.4. The van der Waals surface area contributed by atoms with Gasteiger partial charge in [-0.3, -0.25) is 9.79 Å². The maximum Gasteiger partial charge on any atom is 0.170 e. The van der Waals surface area contributed by atoms with E-state index in [1.165, 1.54) is 24.3 Å². The average Bonchev–Trinajstić information content (AvgIpc) is 2.39. The second kappa shape index (κ2) is 15.9. The minimum atomic E-state index is -0.0159. The Morgan fingerprint density at radius 3 is 1.50 bits per heavy atom. The number of Topliss-reactive ketones (excluding diaryl/α,β-unsaturated/α-hetero) is 1. The van der Waals surface area contributed by atoms with Gasteiger partial charge in [-0.15, -0.1) is 0 Å². The third-order valence-corrected chi connectivity index (χ3v) is 2.81. The zero-order chi connectivity index (χ0) is 16.7. The molecule has 2 heteroatoms. The SMILES string of the molecule is C/C=C(\C)C(C)C.CC.CC(=O)C=N/C=C(/C)C(C)C. The highest BCUT2D eigenvalue weighted by molar-refractivity contribution is 6.26. The van der Waals surface area contributed by atoms with E-state index in [1.807, 2.05) is 20.8 Å². The van der Waals surface area contributed by atoms with Crippen LogP contribution in [0.1, 0.15) is 69.2 Å². The quantitative estimate of drug-likeness (QED) is 0.470. The topological polar surface area (TPSA) is 29.4 Å². The molecule has 2 nitrogen and oxygen atoms in total. The summed E-state index contributed by atoms with van der Waals surface area (Å²) in [5.41, 5.74) is 2.66. The van der Waals surface area contributed by atoms with Crippen LogP contribution in [-0.4, -0.2) is 12.0 Å². The highest BCUT2D eigenvalue weighted by atomic mass is 16.1. The second-order valence-corrected chi connectivity index (χ2v) is 5.10. The fourth-order valence-corrected chi connectivity index (χ4v) is 0.742. The molecule has 0 aromatic heterocycles. The van der Waals surface area contributed by atoms with E-state index in [4.69, 9.17) is 0 Å². The van der Waals surface area contributed by atoms with Crippen LogP contribution in [0.15, 0.2) is 28.4 Å². The number of carbonyl (C=O) groups excluding carboxylic acids is 1. The Morgan fingerprint density at radius 1 is 0.900 bits per heavy atom. The molecule has 0 N–H and O–H groups in total. The van der Waals surface area contributed by atoms with Gasteiger partial charge in [-0.1, -0.05) is 58.8 Å². The minimum absolute atomic E-state index is 0.0159. The predicted octanol–water partition coefficient (Wildman–Crippen LogP) is 5.84. The predicted molar refractivity (Wildman–Crippen MR) is 93.4 cm³/mol. The molecule has 0 fully saturated rings. The summed E-state index contributed by atoms with van der Waals surface area (Å²) in [6.45, 7) is 20.3. The lowest BCUT2D eigenvalue weighted by Crippen LogP contribution is -1.90. The van der Waals surface area contributed by atoms with Gasteiger partial charge in [0.05, 0.1) is 6.21 Å². The molecule has 0 aromatic carbocycles. The van der Waals surface area contributed by atoms with Gasteiger partial charge in [0.15, 0.2) is 5.78 Å².